The molecular formula is C18H18BrN3O2. The molecule has 124 valence electrons. The van der Waals surface area contributed by atoms with Crippen molar-refractivity contribution >= 4 is 39.6 Å². The first-order chi connectivity index (χ1) is 11.5. The van der Waals surface area contributed by atoms with Gasteiger partial charge in [-0.1, -0.05) is 46.3 Å². The van der Waals surface area contributed by atoms with Gasteiger partial charge >= 0.3 is 0 Å². The number of benzene rings is 2. The lowest BCUT2D eigenvalue weighted by atomic mass is 10.2. The number of rotatable bonds is 6. The van der Waals surface area contributed by atoms with Crippen molar-refractivity contribution in [2.45, 2.75) is 19.8 Å². The van der Waals surface area contributed by atoms with Crippen LogP contribution in [0.3, 0.4) is 0 Å². The Hall–Kier alpha value is -2.47. The van der Waals surface area contributed by atoms with E-state index in [1.165, 1.54) is 0 Å². The van der Waals surface area contributed by atoms with Crippen molar-refractivity contribution in [2.75, 3.05) is 5.32 Å². The van der Waals surface area contributed by atoms with E-state index in [4.69, 9.17) is 0 Å². The summed E-state index contributed by atoms with van der Waals surface area (Å²) in [6, 6.07) is 15.0. The largest absolute Gasteiger partial charge is 0.326 e. The fraction of sp³-hybridized carbons (Fsp3) is 0.167. The maximum atomic E-state index is 11.9. The van der Waals surface area contributed by atoms with Crippen LogP contribution in [0.15, 0.2) is 58.1 Å². The number of hydrazone groups is 1. The van der Waals surface area contributed by atoms with Crippen molar-refractivity contribution in [1.82, 2.24) is 5.43 Å². The molecule has 0 unspecified atom stereocenters. The lowest BCUT2D eigenvalue weighted by Gasteiger charge is -2.07. The summed E-state index contributed by atoms with van der Waals surface area (Å²) >= 11 is 3.36. The number of para-hydroxylation sites is 1. The molecule has 2 aromatic rings. The van der Waals surface area contributed by atoms with Crippen LogP contribution in [0.1, 0.15) is 24.0 Å². The van der Waals surface area contributed by atoms with Gasteiger partial charge in [0.05, 0.1) is 6.21 Å². The molecule has 2 aromatic carbocycles. The van der Waals surface area contributed by atoms with Crippen molar-refractivity contribution in [2.24, 2.45) is 5.10 Å². The first kappa shape index (κ1) is 17.9. The van der Waals surface area contributed by atoms with Gasteiger partial charge < -0.3 is 5.32 Å². The Balaban J connectivity index is 1.75. The SMILES string of the molecule is Cc1ccccc1NC(=O)CCC(=O)N/N=C/c1cccc(Br)c1. The normalized spacial score (nSPS) is 10.6. The Morgan fingerprint density at radius 2 is 1.83 bits per heavy atom. The van der Waals surface area contributed by atoms with E-state index in [9.17, 15) is 9.59 Å². The van der Waals surface area contributed by atoms with Crippen molar-refractivity contribution in [1.29, 1.82) is 0 Å². The lowest BCUT2D eigenvalue weighted by molar-refractivity contribution is -0.124. The van der Waals surface area contributed by atoms with Crippen molar-refractivity contribution in [3.63, 3.8) is 0 Å². The number of nitrogens with one attached hydrogen (secondary N) is 2. The van der Waals surface area contributed by atoms with Crippen LogP contribution in [-0.2, 0) is 9.59 Å². The summed E-state index contributed by atoms with van der Waals surface area (Å²) in [6.45, 7) is 1.92. The Morgan fingerprint density at radius 1 is 1.08 bits per heavy atom. The van der Waals surface area contributed by atoms with E-state index in [0.29, 0.717) is 0 Å². The van der Waals surface area contributed by atoms with Gasteiger partial charge in [-0.25, -0.2) is 5.43 Å². The van der Waals surface area contributed by atoms with E-state index < -0.39 is 0 Å². The van der Waals surface area contributed by atoms with Crippen LogP contribution >= 0.6 is 15.9 Å². The number of halogens is 1. The van der Waals surface area contributed by atoms with Crippen molar-refractivity contribution < 1.29 is 9.59 Å². The third kappa shape index (κ3) is 5.96. The summed E-state index contributed by atoms with van der Waals surface area (Å²) in [6.07, 6.45) is 1.73. The Labute approximate surface area is 149 Å². The van der Waals surface area contributed by atoms with Crippen LogP contribution in [0.5, 0.6) is 0 Å². The highest BCUT2D eigenvalue weighted by Crippen LogP contribution is 2.13. The fourth-order valence-corrected chi connectivity index (χ4v) is 2.39. The van der Waals surface area contributed by atoms with Gasteiger partial charge in [-0.05, 0) is 36.2 Å². The number of carbonyl (C=O) groups excluding carboxylic acids is 2. The number of hydrogen-bond donors (Lipinski definition) is 2. The zero-order valence-corrected chi connectivity index (χ0v) is 14.8. The Bertz CT molecular complexity index is 759. The summed E-state index contributed by atoms with van der Waals surface area (Å²) in [4.78, 5) is 23.6. The molecule has 0 bridgehead atoms. The summed E-state index contributed by atoms with van der Waals surface area (Å²) in [5.41, 5.74) is 5.02. The predicted molar refractivity (Wildman–Crippen MR) is 98.9 cm³/mol. The Morgan fingerprint density at radius 3 is 2.58 bits per heavy atom. The highest BCUT2D eigenvalue weighted by atomic mass is 79.9. The number of aryl methyl sites for hydroxylation is 1. The minimum Gasteiger partial charge on any atom is -0.326 e. The van der Waals surface area contributed by atoms with Gasteiger partial charge in [0.2, 0.25) is 11.8 Å². The smallest absolute Gasteiger partial charge is 0.240 e. The average molecular weight is 388 g/mol. The average Bonchev–Trinajstić information content (AvgIpc) is 2.55. The van der Waals surface area contributed by atoms with E-state index >= 15 is 0 Å². The minimum absolute atomic E-state index is 0.0769. The first-order valence-corrected chi connectivity index (χ1v) is 8.27. The molecule has 0 aliphatic carbocycles. The van der Waals surface area contributed by atoms with E-state index in [2.05, 4.69) is 31.8 Å². The summed E-state index contributed by atoms with van der Waals surface area (Å²) in [5.74, 6) is -0.503. The molecule has 0 heterocycles. The molecular weight excluding hydrogens is 370 g/mol. The van der Waals surface area contributed by atoms with Gasteiger partial charge in [-0.2, -0.15) is 5.10 Å². The molecule has 2 rings (SSSR count). The monoisotopic (exact) mass is 387 g/mol. The molecule has 5 nitrogen and oxygen atoms in total. The number of carbonyl (C=O) groups is 2. The standard InChI is InChI=1S/C18H18BrN3O2/c1-13-5-2-3-8-16(13)21-17(23)9-10-18(24)22-20-12-14-6-4-7-15(19)11-14/h2-8,11-12H,9-10H2,1H3,(H,21,23)(H,22,24)/b20-12+. The summed E-state index contributed by atoms with van der Waals surface area (Å²) in [7, 11) is 0. The number of nitrogens with zero attached hydrogens (tertiary/aromatic N) is 1. The van der Waals surface area contributed by atoms with Gasteiger partial charge in [0.25, 0.3) is 0 Å². The van der Waals surface area contributed by atoms with Crippen LogP contribution in [0.25, 0.3) is 0 Å². The number of anilines is 1. The number of hydrogen-bond acceptors (Lipinski definition) is 3. The maximum Gasteiger partial charge on any atom is 0.240 e. The minimum atomic E-state index is -0.304. The van der Waals surface area contributed by atoms with E-state index in [0.717, 1.165) is 21.3 Å². The maximum absolute atomic E-state index is 11.9. The van der Waals surface area contributed by atoms with E-state index in [-0.39, 0.29) is 24.7 Å². The molecule has 2 N–H and O–H groups in total. The molecule has 0 saturated heterocycles. The van der Waals surface area contributed by atoms with Crippen molar-refractivity contribution in [3.05, 3.63) is 64.1 Å². The van der Waals surface area contributed by atoms with Crippen LogP contribution in [0.2, 0.25) is 0 Å². The quantitative estimate of drug-likeness (QED) is 0.586. The van der Waals surface area contributed by atoms with Crippen LogP contribution in [0, 0.1) is 6.92 Å². The predicted octanol–water partition coefficient (Wildman–Crippen LogP) is 3.63. The second kappa shape index (κ2) is 8.98. The van der Waals surface area contributed by atoms with Gasteiger partial charge in [0.1, 0.15) is 0 Å². The molecule has 0 aliphatic heterocycles. The molecule has 0 radical (unpaired) electrons. The van der Waals surface area contributed by atoms with Crippen LogP contribution in [-0.4, -0.2) is 18.0 Å². The molecule has 0 spiro atoms. The van der Waals surface area contributed by atoms with Gasteiger partial charge in [0.15, 0.2) is 0 Å². The molecule has 24 heavy (non-hydrogen) atoms. The van der Waals surface area contributed by atoms with E-state index in [1.807, 2.05) is 55.5 Å². The second-order valence-electron chi connectivity index (χ2n) is 5.21. The van der Waals surface area contributed by atoms with Crippen LogP contribution < -0.4 is 10.7 Å². The molecule has 2 amide bonds. The molecule has 0 aromatic heterocycles. The lowest BCUT2D eigenvalue weighted by Crippen LogP contribution is -2.20. The number of amides is 2. The topological polar surface area (TPSA) is 70.6 Å². The molecule has 0 saturated carbocycles. The van der Waals surface area contributed by atoms with Gasteiger partial charge in [-0.15, -0.1) is 0 Å². The summed E-state index contributed by atoms with van der Waals surface area (Å²) in [5, 5.41) is 6.67. The molecule has 0 atom stereocenters. The zero-order chi connectivity index (χ0) is 17.4. The Kier molecular flexibility index (Phi) is 6.69. The van der Waals surface area contributed by atoms with Crippen LogP contribution in [0.4, 0.5) is 5.69 Å². The highest BCUT2D eigenvalue weighted by molar-refractivity contribution is 9.10. The third-order valence-electron chi connectivity index (χ3n) is 3.25. The summed E-state index contributed by atoms with van der Waals surface area (Å²) < 4.78 is 0.936. The highest BCUT2D eigenvalue weighted by Gasteiger charge is 2.07. The fourth-order valence-electron chi connectivity index (χ4n) is 1.97. The third-order valence-corrected chi connectivity index (χ3v) is 3.74. The first-order valence-electron chi connectivity index (χ1n) is 7.47. The molecule has 0 fully saturated rings. The molecule has 6 heteroatoms. The molecule has 0 aliphatic rings. The van der Waals surface area contributed by atoms with E-state index in [1.54, 1.807) is 6.21 Å². The van der Waals surface area contributed by atoms with Crippen molar-refractivity contribution in [3.8, 4) is 0 Å². The second-order valence-corrected chi connectivity index (χ2v) is 6.13. The van der Waals surface area contributed by atoms with Gasteiger partial charge in [0, 0.05) is 23.0 Å². The van der Waals surface area contributed by atoms with Gasteiger partial charge in [-0.3, -0.25) is 9.59 Å². The zero-order valence-electron chi connectivity index (χ0n) is 13.3.